The number of hydrogen-bond donors (Lipinski definition) is 1. The maximum absolute atomic E-state index is 12.2. The molecular weight excluding hydrogens is 356 g/mol. The van der Waals surface area contributed by atoms with Crippen LogP contribution in [0.25, 0.3) is 0 Å². The second-order valence-corrected chi connectivity index (χ2v) is 7.98. The summed E-state index contributed by atoms with van der Waals surface area (Å²) in [5.41, 5.74) is 0.837. The normalized spacial score (nSPS) is 14.6. The van der Waals surface area contributed by atoms with Gasteiger partial charge in [0.05, 0.1) is 0 Å². The van der Waals surface area contributed by atoms with Crippen LogP contribution in [0.1, 0.15) is 45.6 Å². The predicted molar refractivity (Wildman–Crippen MR) is 96.4 cm³/mol. The first kappa shape index (κ1) is 18.3. The number of carbonyl (C=O) groups excluding carboxylic acids is 1. The van der Waals surface area contributed by atoms with Crippen molar-refractivity contribution < 1.29 is 9.53 Å². The Bertz CT molecular complexity index is 507. The van der Waals surface area contributed by atoms with Crippen molar-refractivity contribution in [2.75, 3.05) is 13.1 Å². The monoisotopic (exact) mass is 382 g/mol. The van der Waals surface area contributed by atoms with Crippen molar-refractivity contribution in [1.29, 1.82) is 0 Å². The SMILES string of the molecule is CC(C)(C)OC(=O)N(CCCNCc1ccc(Br)cc1)C1CC1. The van der Waals surface area contributed by atoms with Crippen LogP contribution in [0, 0.1) is 0 Å². The first-order valence-electron chi connectivity index (χ1n) is 8.30. The third-order valence-electron chi connectivity index (χ3n) is 3.61. The second kappa shape index (κ2) is 8.15. The smallest absolute Gasteiger partial charge is 0.410 e. The van der Waals surface area contributed by atoms with Crippen LogP contribution < -0.4 is 5.32 Å². The number of ether oxygens (including phenoxy) is 1. The first-order valence-corrected chi connectivity index (χ1v) is 9.09. The molecular formula is C18H27BrN2O2. The molecule has 1 N–H and O–H groups in total. The van der Waals surface area contributed by atoms with Crippen LogP contribution in [0.5, 0.6) is 0 Å². The number of benzene rings is 1. The van der Waals surface area contributed by atoms with E-state index in [1.165, 1.54) is 5.56 Å². The average molecular weight is 383 g/mol. The Hall–Kier alpha value is -1.07. The lowest BCUT2D eigenvalue weighted by Crippen LogP contribution is -2.39. The highest BCUT2D eigenvalue weighted by molar-refractivity contribution is 9.10. The molecule has 1 fully saturated rings. The fourth-order valence-corrected chi connectivity index (χ4v) is 2.60. The summed E-state index contributed by atoms with van der Waals surface area (Å²) in [4.78, 5) is 14.1. The van der Waals surface area contributed by atoms with Gasteiger partial charge in [0.25, 0.3) is 0 Å². The maximum atomic E-state index is 12.2. The van der Waals surface area contributed by atoms with E-state index < -0.39 is 5.60 Å². The Labute approximate surface area is 147 Å². The van der Waals surface area contributed by atoms with Crippen molar-refractivity contribution in [2.24, 2.45) is 0 Å². The minimum atomic E-state index is -0.427. The Morgan fingerprint density at radius 2 is 1.96 bits per heavy atom. The molecule has 1 amide bonds. The molecule has 5 heteroatoms. The van der Waals surface area contributed by atoms with Crippen molar-refractivity contribution >= 4 is 22.0 Å². The summed E-state index contributed by atoms with van der Waals surface area (Å²) in [6.07, 6.45) is 2.97. The summed E-state index contributed by atoms with van der Waals surface area (Å²) in [5, 5.41) is 3.43. The lowest BCUT2D eigenvalue weighted by Gasteiger charge is -2.27. The topological polar surface area (TPSA) is 41.6 Å². The average Bonchev–Trinajstić information content (AvgIpc) is 3.27. The summed E-state index contributed by atoms with van der Waals surface area (Å²) >= 11 is 3.44. The first-order chi connectivity index (χ1) is 10.8. The van der Waals surface area contributed by atoms with Crippen LogP contribution >= 0.6 is 15.9 Å². The van der Waals surface area contributed by atoms with Gasteiger partial charge in [-0.1, -0.05) is 28.1 Å². The lowest BCUT2D eigenvalue weighted by molar-refractivity contribution is 0.0232. The van der Waals surface area contributed by atoms with E-state index in [2.05, 4.69) is 33.4 Å². The van der Waals surface area contributed by atoms with Gasteiger partial charge in [-0.3, -0.25) is 0 Å². The van der Waals surface area contributed by atoms with Gasteiger partial charge in [0, 0.05) is 23.6 Å². The van der Waals surface area contributed by atoms with Crippen LogP contribution in [0.3, 0.4) is 0 Å². The van der Waals surface area contributed by atoms with E-state index in [9.17, 15) is 4.79 Å². The van der Waals surface area contributed by atoms with E-state index in [0.29, 0.717) is 6.04 Å². The quantitative estimate of drug-likeness (QED) is 0.713. The molecule has 0 aliphatic heterocycles. The van der Waals surface area contributed by atoms with E-state index in [0.717, 1.165) is 43.4 Å². The van der Waals surface area contributed by atoms with Gasteiger partial charge in [-0.2, -0.15) is 0 Å². The largest absolute Gasteiger partial charge is 0.444 e. The molecule has 1 saturated carbocycles. The van der Waals surface area contributed by atoms with Crippen LogP contribution in [0.15, 0.2) is 28.7 Å². The molecule has 0 unspecified atom stereocenters. The predicted octanol–water partition coefficient (Wildman–Crippen LogP) is 4.33. The molecule has 4 nitrogen and oxygen atoms in total. The van der Waals surface area contributed by atoms with Gasteiger partial charge in [-0.05, 0) is 64.3 Å². The lowest BCUT2D eigenvalue weighted by atomic mass is 10.2. The fraction of sp³-hybridized carbons (Fsp3) is 0.611. The molecule has 1 aliphatic carbocycles. The maximum Gasteiger partial charge on any atom is 0.410 e. The summed E-state index contributed by atoms with van der Waals surface area (Å²) < 4.78 is 6.60. The van der Waals surface area contributed by atoms with E-state index in [1.807, 2.05) is 37.8 Å². The number of amides is 1. The van der Waals surface area contributed by atoms with Crippen molar-refractivity contribution in [3.8, 4) is 0 Å². The number of hydrogen-bond acceptors (Lipinski definition) is 3. The summed E-state index contributed by atoms with van der Waals surface area (Å²) in [6.45, 7) is 8.24. The molecule has 1 aliphatic rings. The van der Waals surface area contributed by atoms with E-state index in [1.54, 1.807) is 0 Å². The number of carbonyl (C=O) groups is 1. The molecule has 128 valence electrons. The van der Waals surface area contributed by atoms with E-state index in [4.69, 9.17) is 4.74 Å². The molecule has 0 bridgehead atoms. The van der Waals surface area contributed by atoms with E-state index >= 15 is 0 Å². The third-order valence-corrected chi connectivity index (χ3v) is 4.14. The van der Waals surface area contributed by atoms with Gasteiger partial charge in [0.15, 0.2) is 0 Å². The van der Waals surface area contributed by atoms with Gasteiger partial charge in [0.1, 0.15) is 5.60 Å². The molecule has 0 saturated heterocycles. The molecule has 1 aromatic rings. The fourth-order valence-electron chi connectivity index (χ4n) is 2.34. The van der Waals surface area contributed by atoms with Crippen molar-refractivity contribution in [3.05, 3.63) is 34.3 Å². The van der Waals surface area contributed by atoms with E-state index in [-0.39, 0.29) is 6.09 Å². The van der Waals surface area contributed by atoms with Gasteiger partial charge in [0.2, 0.25) is 0 Å². The molecule has 0 atom stereocenters. The van der Waals surface area contributed by atoms with Gasteiger partial charge >= 0.3 is 6.09 Å². The van der Waals surface area contributed by atoms with Crippen LogP contribution in [-0.4, -0.2) is 35.7 Å². The highest BCUT2D eigenvalue weighted by Gasteiger charge is 2.34. The highest BCUT2D eigenvalue weighted by atomic mass is 79.9. The van der Waals surface area contributed by atoms with Crippen molar-refractivity contribution in [1.82, 2.24) is 10.2 Å². The van der Waals surface area contributed by atoms with Gasteiger partial charge in [-0.15, -0.1) is 0 Å². The summed E-state index contributed by atoms with van der Waals surface area (Å²) in [5.74, 6) is 0. The zero-order valence-corrected chi connectivity index (χ0v) is 15.9. The highest BCUT2D eigenvalue weighted by Crippen LogP contribution is 2.28. The van der Waals surface area contributed by atoms with Crippen LogP contribution in [0.4, 0.5) is 4.79 Å². The Morgan fingerprint density at radius 3 is 2.52 bits per heavy atom. The third kappa shape index (κ3) is 6.92. The van der Waals surface area contributed by atoms with Gasteiger partial charge < -0.3 is 15.0 Å². The second-order valence-electron chi connectivity index (χ2n) is 7.06. The zero-order valence-electron chi connectivity index (χ0n) is 14.3. The number of nitrogens with zero attached hydrogens (tertiary/aromatic N) is 1. The molecule has 1 aromatic carbocycles. The minimum Gasteiger partial charge on any atom is -0.444 e. The summed E-state index contributed by atoms with van der Waals surface area (Å²) in [7, 11) is 0. The number of rotatable bonds is 7. The Kier molecular flexibility index (Phi) is 6.48. The van der Waals surface area contributed by atoms with Crippen LogP contribution in [0.2, 0.25) is 0 Å². The molecule has 2 rings (SSSR count). The minimum absolute atomic E-state index is 0.173. The molecule has 0 spiro atoms. The standard InChI is InChI=1S/C18H27BrN2O2/c1-18(2,3)23-17(22)21(16-9-10-16)12-4-11-20-13-14-5-7-15(19)8-6-14/h5-8,16,20H,4,9-13H2,1-3H3. The van der Waals surface area contributed by atoms with Crippen LogP contribution in [-0.2, 0) is 11.3 Å². The Balaban J connectivity index is 1.68. The molecule has 0 heterocycles. The van der Waals surface area contributed by atoms with Crippen molar-refractivity contribution in [3.63, 3.8) is 0 Å². The Morgan fingerprint density at radius 1 is 1.30 bits per heavy atom. The summed E-state index contributed by atoms with van der Waals surface area (Å²) in [6, 6.07) is 8.70. The molecule has 0 radical (unpaired) electrons. The van der Waals surface area contributed by atoms with Gasteiger partial charge in [-0.25, -0.2) is 4.79 Å². The zero-order chi connectivity index (χ0) is 16.9. The number of nitrogens with one attached hydrogen (secondary N) is 1. The number of halogens is 1. The van der Waals surface area contributed by atoms with Crippen molar-refractivity contribution in [2.45, 2.75) is 58.2 Å². The molecule has 0 aromatic heterocycles. The molecule has 23 heavy (non-hydrogen) atoms.